The molecule has 1 fully saturated rings. The molecule has 0 aliphatic carbocycles. The standard InChI is InChI=1S/C15H19FN6O2/c1-3-11-13(16)14(18-9-17-11)21-6-4-5-10(7-21)22-8-12(19-20-22)15(23)24-2/h8-10H,3-7H2,1-2H3/t10-/m1/s1. The highest BCUT2D eigenvalue weighted by atomic mass is 19.1. The van der Waals surface area contributed by atoms with Crippen LogP contribution in [0.2, 0.25) is 0 Å². The number of ether oxygens (including phenoxy) is 1. The smallest absolute Gasteiger partial charge is 0.360 e. The predicted molar refractivity (Wildman–Crippen MR) is 83.2 cm³/mol. The van der Waals surface area contributed by atoms with Gasteiger partial charge in [-0.15, -0.1) is 5.10 Å². The first-order valence-corrected chi connectivity index (χ1v) is 7.88. The third-order valence-electron chi connectivity index (χ3n) is 4.15. The largest absolute Gasteiger partial charge is 0.464 e. The molecule has 2 aromatic rings. The highest BCUT2D eigenvalue weighted by Crippen LogP contribution is 2.27. The molecule has 0 unspecified atom stereocenters. The van der Waals surface area contributed by atoms with Gasteiger partial charge in [0.2, 0.25) is 0 Å². The van der Waals surface area contributed by atoms with Crippen molar-refractivity contribution in [2.75, 3.05) is 25.1 Å². The molecule has 9 heteroatoms. The number of hydrogen-bond acceptors (Lipinski definition) is 7. The number of esters is 1. The van der Waals surface area contributed by atoms with E-state index in [1.54, 1.807) is 10.9 Å². The van der Waals surface area contributed by atoms with Gasteiger partial charge < -0.3 is 9.64 Å². The van der Waals surface area contributed by atoms with Gasteiger partial charge in [-0.1, -0.05) is 12.1 Å². The number of anilines is 1. The van der Waals surface area contributed by atoms with Gasteiger partial charge in [0.05, 0.1) is 25.0 Å². The number of methoxy groups -OCH3 is 1. The van der Waals surface area contributed by atoms with Gasteiger partial charge in [-0.05, 0) is 19.3 Å². The molecule has 0 saturated carbocycles. The van der Waals surface area contributed by atoms with Crippen molar-refractivity contribution < 1.29 is 13.9 Å². The Morgan fingerprint density at radius 3 is 3.04 bits per heavy atom. The summed E-state index contributed by atoms with van der Waals surface area (Å²) in [5.41, 5.74) is 0.576. The van der Waals surface area contributed by atoms with Gasteiger partial charge >= 0.3 is 5.97 Å². The first-order chi connectivity index (χ1) is 11.6. The fraction of sp³-hybridized carbons (Fsp3) is 0.533. The molecule has 3 heterocycles. The Morgan fingerprint density at radius 2 is 2.29 bits per heavy atom. The van der Waals surface area contributed by atoms with Gasteiger partial charge in [0, 0.05) is 13.1 Å². The molecular weight excluding hydrogens is 315 g/mol. The number of hydrogen-bond donors (Lipinski definition) is 0. The Morgan fingerprint density at radius 1 is 1.46 bits per heavy atom. The van der Waals surface area contributed by atoms with Crippen LogP contribution in [-0.2, 0) is 11.2 Å². The summed E-state index contributed by atoms with van der Waals surface area (Å²) < 4.78 is 20.8. The molecule has 0 radical (unpaired) electrons. The third kappa shape index (κ3) is 3.06. The van der Waals surface area contributed by atoms with Crippen LogP contribution in [-0.4, -0.2) is 51.1 Å². The second-order valence-electron chi connectivity index (χ2n) is 5.63. The van der Waals surface area contributed by atoms with Gasteiger partial charge in [0.25, 0.3) is 0 Å². The summed E-state index contributed by atoms with van der Waals surface area (Å²) in [7, 11) is 1.30. The van der Waals surface area contributed by atoms with Crippen LogP contribution in [0.5, 0.6) is 0 Å². The van der Waals surface area contributed by atoms with E-state index in [0.717, 1.165) is 12.8 Å². The van der Waals surface area contributed by atoms with Crippen molar-refractivity contribution in [3.63, 3.8) is 0 Å². The topological polar surface area (TPSA) is 86.0 Å². The van der Waals surface area contributed by atoms with Crippen LogP contribution in [0.25, 0.3) is 0 Å². The van der Waals surface area contributed by atoms with Gasteiger partial charge in [-0.2, -0.15) is 0 Å². The highest BCUT2D eigenvalue weighted by Gasteiger charge is 2.26. The SMILES string of the molecule is CCc1ncnc(N2CCC[C@@H](n3cc(C(=O)OC)nn3)C2)c1F. The number of piperidine rings is 1. The number of aromatic nitrogens is 5. The molecule has 0 amide bonds. The zero-order valence-electron chi connectivity index (χ0n) is 13.6. The zero-order valence-corrected chi connectivity index (χ0v) is 13.6. The normalized spacial score (nSPS) is 17.8. The number of carbonyl (C=O) groups is 1. The minimum Gasteiger partial charge on any atom is -0.464 e. The maximum atomic E-state index is 14.5. The number of rotatable bonds is 4. The van der Waals surface area contributed by atoms with Crippen molar-refractivity contribution in [3.05, 3.63) is 29.7 Å². The lowest BCUT2D eigenvalue weighted by Crippen LogP contribution is -2.38. The fourth-order valence-corrected chi connectivity index (χ4v) is 2.88. The average Bonchev–Trinajstić information content (AvgIpc) is 3.11. The predicted octanol–water partition coefficient (Wildman–Crippen LogP) is 1.40. The maximum absolute atomic E-state index is 14.5. The lowest BCUT2D eigenvalue weighted by Gasteiger charge is -2.33. The van der Waals surface area contributed by atoms with E-state index in [1.807, 2.05) is 11.8 Å². The summed E-state index contributed by atoms with van der Waals surface area (Å²) in [5, 5.41) is 7.83. The Balaban J connectivity index is 1.80. The van der Waals surface area contributed by atoms with Crippen molar-refractivity contribution in [1.29, 1.82) is 0 Å². The first-order valence-electron chi connectivity index (χ1n) is 7.88. The van der Waals surface area contributed by atoms with Crippen molar-refractivity contribution in [3.8, 4) is 0 Å². The molecule has 1 saturated heterocycles. The van der Waals surface area contributed by atoms with Gasteiger partial charge in [-0.25, -0.2) is 23.8 Å². The molecule has 0 N–H and O–H groups in total. The Hall–Kier alpha value is -2.58. The molecule has 24 heavy (non-hydrogen) atoms. The Labute approximate surface area is 138 Å². The van der Waals surface area contributed by atoms with Crippen molar-refractivity contribution in [2.45, 2.75) is 32.2 Å². The lowest BCUT2D eigenvalue weighted by atomic mass is 10.1. The summed E-state index contributed by atoms with van der Waals surface area (Å²) >= 11 is 0. The quantitative estimate of drug-likeness (QED) is 0.781. The molecule has 0 aromatic carbocycles. The second kappa shape index (κ2) is 6.90. The van der Waals surface area contributed by atoms with E-state index in [0.29, 0.717) is 31.0 Å². The third-order valence-corrected chi connectivity index (χ3v) is 4.15. The summed E-state index contributed by atoms with van der Waals surface area (Å²) in [5.74, 6) is -0.572. The van der Waals surface area contributed by atoms with Crippen molar-refractivity contribution >= 4 is 11.8 Å². The van der Waals surface area contributed by atoms with Crippen molar-refractivity contribution in [1.82, 2.24) is 25.0 Å². The Bertz CT molecular complexity index is 735. The molecule has 128 valence electrons. The minimum absolute atomic E-state index is 0.0101. The van der Waals surface area contributed by atoms with Crippen LogP contribution in [0.3, 0.4) is 0 Å². The monoisotopic (exact) mass is 334 g/mol. The van der Waals surface area contributed by atoms with Gasteiger partial charge in [0.1, 0.15) is 6.33 Å². The number of carbonyl (C=O) groups excluding carboxylic acids is 1. The van der Waals surface area contributed by atoms with E-state index in [9.17, 15) is 9.18 Å². The summed E-state index contributed by atoms with van der Waals surface area (Å²) in [4.78, 5) is 21.5. The molecule has 8 nitrogen and oxygen atoms in total. The van der Waals surface area contributed by atoms with E-state index in [4.69, 9.17) is 0 Å². The van der Waals surface area contributed by atoms with Crippen molar-refractivity contribution in [2.24, 2.45) is 0 Å². The fourth-order valence-electron chi connectivity index (χ4n) is 2.88. The van der Waals surface area contributed by atoms with Crippen LogP contribution in [0.1, 0.15) is 42.0 Å². The molecule has 2 aromatic heterocycles. The molecule has 1 aliphatic rings. The minimum atomic E-state index is -0.525. The lowest BCUT2D eigenvalue weighted by molar-refractivity contribution is 0.0594. The number of nitrogens with zero attached hydrogens (tertiary/aromatic N) is 6. The number of aryl methyl sites for hydroxylation is 1. The van der Waals surface area contributed by atoms with E-state index in [2.05, 4.69) is 25.0 Å². The van der Waals surface area contributed by atoms with E-state index in [-0.39, 0.29) is 17.6 Å². The van der Waals surface area contributed by atoms with Gasteiger partial charge in [0.15, 0.2) is 17.3 Å². The van der Waals surface area contributed by atoms with Crippen LogP contribution < -0.4 is 4.90 Å². The molecule has 1 atom stereocenters. The molecule has 0 spiro atoms. The maximum Gasteiger partial charge on any atom is 0.360 e. The second-order valence-corrected chi connectivity index (χ2v) is 5.63. The van der Waals surface area contributed by atoms with E-state index in [1.165, 1.54) is 13.4 Å². The average molecular weight is 334 g/mol. The van der Waals surface area contributed by atoms with Crippen LogP contribution >= 0.6 is 0 Å². The first kappa shape index (κ1) is 16.3. The summed E-state index contributed by atoms with van der Waals surface area (Å²) in [6, 6.07) is -0.0101. The van der Waals surface area contributed by atoms with Crippen LogP contribution in [0, 0.1) is 5.82 Å². The number of halogens is 1. The van der Waals surface area contributed by atoms with E-state index < -0.39 is 5.97 Å². The Kier molecular flexibility index (Phi) is 4.68. The molecule has 3 rings (SSSR count). The highest BCUT2D eigenvalue weighted by molar-refractivity contribution is 5.86. The zero-order chi connectivity index (χ0) is 17.1. The molecule has 0 bridgehead atoms. The van der Waals surface area contributed by atoms with E-state index >= 15 is 0 Å². The summed E-state index contributed by atoms with van der Waals surface area (Å²) in [6.07, 6.45) is 5.21. The summed E-state index contributed by atoms with van der Waals surface area (Å²) in [6.45, 7) is 3.12. The molecule has 1 aliphatic heterocycles. The van der Waals surface area contributed by atoms with Crippen LogP contribution in [0.4, 0.5) is 10.2 Å². The van der Waals surface area contributed by atoms with Crippen LogP contribution in [0.15, 0.2) is 12.5 Å². The van der Waals surface area contributed by atoms with Gasteiger partial charge in [-0.3, -0.25) is 0 Å². The molecular formula is C15H19FN6O2.